The Bertz CT molecular complexity index is 339. The molecule has 0 bridgehead atoms. The third-order valence-electron chi connectivity index (χ3n) is 2.82. The minimum atomic E-state index is -1.11. The molecule has 80 valence electrons. The van der Waals surface area contributed by atoms with E-state index >= 15 is 0 Å². The van der Waals surface area contributed by atoms with E-state index in [0.29, 0.717) is 0 Å². The molecular formula is C12H14NO2-. The van der Waals surface area contributed by atoms with Crippen LogP contribution in [-0.2, 0) is 0 Å². The molecule has 1 aliphatic rings. The summed E-state index contributed by atoms with van der Waals surface area (Å²) in [7, 11) is 0. The van der Waals surface area contributed by atoms with E-state index in [4.69, 9.17) is 0 Å². The van der Waals surface area contributed by atoms with Gasteiger partial charge in [-0.1, -0.05) is 12.1 Å². The highest BCUT2D eigenvalue weighted by Crippen LogP contribution is 2.19. The van der Waals surface area contributed by atoms with Gasteiger partial charge in [-0.2, -0.15) is 0 Å². The van der Waals surface area contributed by atoms with Crippen LogP contribution in [-0.4, -0.2) is 19.1 Å². The largest absolute Gasteiger partial charge is 0.545 e. The Hall–Kier alpha value is -1.51. The van der Waals surface area contributed by atoms with Crippen molar-refractivity contribution in [2.45, 2.75) is 19.3 Å². The zero-order chi connectivity index (χ0) is 10.7. The molecule has 0 unspecified atom stereocenters. The lowest BCUT2D eigenvalue weighted by Gasteiger charge is -2.28. The smallest absolute Gasteiger partial charge is 0.0715 e. The Labute approximate surface area is 89.3 Å². The van der Waals surface area contributed by atoms with Crippen molar-refractivity contribution >= 4 is 11.7 Å². The number of hydrogen-bond acceptors (Lipinski definition) is 3. The predicted molar refractivity (Wildman–Crippen MR) is 56.8 cm³/mol. The van der Waals surface area contributed by atoms with Crippen molar-refractivity contribution in [1.82, 2.24) is 0 Å². The van der Waals surface area contributed by atoms with E-state index in [1.54, 1.807) is 12.1 Å². The van der Waals surface area contributed by atoms with E-state index in [9.17, 15) is 9.90 Å². The molecule has 1 heterocycles. The Morgan fingerprint density at radius 2 is 1.67 bits per heavy atom. The summed E-state index contributed by atoms with van der Waals surface area (Å²) in [5.41, 5.74) is 1.36. The van der Waals surface area contributed by atoms with Crippen molar-refractivity contribution in [3.63, 3.8) is 0 Å². The van der Waals surface area contributed by atoms with Crippen molar-refractivity contribution in [3.05, 3.63) is 29.8 Å². The van der Waals surface area contributed by atoms with E-state index in [1.807, 2.05) is 12.1 Å². The van der Waals surface area contributed by atoms with Crippen LogP contribution in [0.15, 0.2) is 24.3 Å². The molecule has 15 heavy (non-hydrogen) atoms. The summed E-state index contributed by atoms with van der Waals surface area (Å²) in [4.78, 5) is 12.9. The van der Waals surface area contributed by atoms with Crippen LogP contribution >= 0.6 is 0 Å². The number of anilines is 1. The third-order valence-corrected chi connectivity index (χ3v) is 2.82. The molecule has 3 heteroatoms. The van der Waals surface area contributed by atoms with Crippen molar-refractivity contribution in [2.75, 3.05) is 18.0 Å². The molecule has 1 fully saturated rings. The van der Waals surface area contributed by atoms with E-state index in [0.717, 1.165) is 18.8 Å². The van der Waals surface area contributed by atoms with Crippen LogP contribution in [0, 0.1) is 0 Å². The van der Waals surface area contributed by atoms with Gasteiger partial charge in [0.2, 0.25) is 0 Å². The Kier molecular flexibility index (Phi) is 2.90. The highest BCUT2D eigenvalue weighted by molar-refractivity contribution is 5.86. The van der Waals surface area contributed by atoms with E-state index in [-0.39, 0.29) is 5.56 Å². The molecule has 3 nitrogen and oxygen atoms in total. The fourth-order valence-electron chi connectivity index (χ4n) is 1.96. The van der Waals surface area contributed by atoms with E-state index in [2.05, 4.69) is 4.90 Å². The second kappa shape index (κ2) is 4.34. The summed E-state index contributed by atoms with van der Waals surface area (Å²) in [5, 5.41) is 10.6. The minimum Gasteiger partial charge on any atom is -0.545 e. The number of carboxylic acids is 1. The average Bonchev–Trinajstić information content (AvgIpc) is 2.30. The monoisotopic (exact) mass is 204 g/mol. The summed E-state index contributed by atoms with van der Waals surface area (Å²) < 4.78 is 0. The predicted octanol–water partition coefficient (Wildman–Crippen LogP) is 1.04. The van der Waals surface area contributed by atoms with Gasteiger partial charge in [0, 0.05) is 18.8 Å². The molecule has 0 saturated carbocycles. The fourth-order valence-corrected chi connectivity index (χ4v) is 1.96. The Morgan fingerprint density at radius 1 is 1.07 bits per heavy atom. The Balaban J connectivity index is 2.11. The molecule has 0 atom stereocenters. The molecule has 2 rings (SSSR count). The maximum Gasteiger partial charge on any atom is 0.0715 e. The summed E-state index contributed by atoms with van der Waals surface area (Å²) in [6.45, 7) is 2.15. The van der Waals surface area contributed by atoms with Crippen molar-refractivity contribution in [1.29, 1.82) is 0 Å². The molecular weight excluding hydrogens is 190 g/mol. The maximum absolute atomic E-state index is 10.6. The van der Waals surface area contributed by atoms with Gasteiger partial charge in [0.15, 0.2) is 0 Å². The first-order chi connectivity index (χ1) is 7.27. The second-order valence-electron chi connectivity index (χ2n) is 3.88. The van der Waals surface area contributed by atoms with Gasteiger partial charge in [0.05, 0.1) is 5.97 Å². The zero-order valence-electron chi connectivity index (χ0n) is 8.61. The molecule has 0 spiro atoms. The molecule has 0 aliphatic carbocycles. The van der Waals surface area contributed by atoms with Crippen LogP contribution in [0.25, 0.3) is 0 Å². The van der Waals surface area contributed by atoms with Gasteiger partial charge >= 0.3 is 0 Å². The number of hydrogen-bond donors (Lipinski definition) is 0. The number of aromatic carboxylic acids is 1. The SMILES string of the molecule is O=C([O-])c1ccc(N2CCCCC2)cc1. The van der Waals surface area contributed by atoms with Crippen molar-refractivity contribution in [2.24, 2.45) is 0 Å². The third kappa shape index (κ3) is 2.29. The summed E-state index contributed by atoms with van der Waals surface area (Å²) in [6.07, 6.45) is 3.75. The second-order valence-corrected chi connectivity index (χ2v) is 3.88. The van der Waals surface area contributed by atoms with Crippen LogP contribution in [0.5, 0.6) is 0 Å². The minimum absolute atomic E-state index is 0.246. The van der Waals surface area contributed by atoms with E-state index < -0.39 is 5.97 Å². The lowest BCUT2D eigenvalue weighted by molar-refractivity contribution is -0.255. The summed E-state index contributed by atoms with van der Waals surface area (Å²) >= 11 is 0. The zero-order valence-corrected chi connectivity index (χ0v) is 8.61. The molecule has 0 N–H and O–H groups in total. The van der Waals surface area contributed by atoms with Crippen LogP contribution in [0.2, 0.25) is 0 Å². The Morgan fingerprint density at radius 3 is 2.20 bits per heavy atom. The molecule has 0 amide bonds. The molecule has 0 radical (unpaired) electrons. The first-order valence-electron chi connectivity index (χ1n) is 5.34. The lowest BCUT2D eigenvalue weighted by Crippen LogP contribution is -2.29. The number of benzene rings is 1. The summed E-state index contributed by atoms with van der Waals surface area (Å²) in [6, 6.07) is 6.94. The first-order valence-corrected chi connectivity index (χ1v) is 5.34. The number of carboxylic acid groups (broad SMARTS) is 1. The number of rotatable bonds is 2. The molecule has 1 aromatic rings. The van der Waals surface area contributed by atoms with Crippen LogP contribution in [0.4, 0.5) is 5.69 Å². The maximum atomic E-state index is 10.6. The molecule has 1 aromatic carbocycles. The molecule has 0 aromatic heterocycles. The summed E-state index contributed by atoms with van der Waals surface area (Å²) in [5.74, 6) is -1.11. The standard InChI is InChI=1S/C12H15NO2/c14-12(15)10-4-6-11(7-5-10)13-8-2-1-3-9-13/h4-7H,1-3,8-9H2,(H,14,15)/p-1. The fraction of sp³-hybridized carbons (Fsp3) is 0.417. The van der Waals surface area contributed by atoms with Crippen LogP contribution < -0.4 is 10.0 Å². The van der Waals surface area contributed by atoms with Gasteiger partial charge in [-0.05, 0) is 37.0 Å². The molecule has 1 saturated heterocycles. The van der Waals surface area contributed by atoms with Gasteiger partial charge in [-0.15, -0.1) is 0 Å². The van der Waals surface area contributed by atoms with E-state index in [1.165, 1.54) is 19.3 Å². The first kappa shape index (κ1) is 10.0. The highest BCUT2D eigenvalue weighted by atomic mass is 16.4. The molecule has 1 aliphatic heterocycles. The number of piperidine rings is 1. The quantitative estimate of drug-likeness (QED) is 0.723. The van der Waals surface area contributed by atoms with Crippen molar-refractivity contribution in [3.8, 4) is 0 Å². The average molecular weight is 204 g/mol. The van der Waals surface area contributed by atoms with Gasteiger partial charge in [0.25, 0.3) is 0 Å². The van der Waals surface area contributed by atoms with Gasteiger partial charge in [-0.3, -0.25) is 0 Å². The lowest BCUT2D eigenvalue weighted by atomic mass is 10.1. The highest BCUT2D eigenvalue weighted by Gasteiger charge is 2.10. The van der Waals surface area contributed by atoms with Gasteiger partial charge in [0.1, 0.15) is 0 Å². The topological polar surface area (TPSA) is 43.4 Å². The normalized spacial score (nSPS) is 16.4. The van der Waals surface area contributed by atoms with Crippen molar-refractivity contribution < 1.29 is 9.90 Å². The van der Waals surface area contributed by atoms with Crippen LogP contribution in [0.1, 0.15) is 29.6 Å². The number of carbonyl (C=O) groups is 1. The van der Waals surface area contributed by atoms with Gasteiger partial charge in [-0.25, -0.2) is 0 Å². The van der Waals surface area contributed by atoms with Gasteiger partial charge < -0.3 is 14.8 Å². The van der Waals surface area contributed by atoms with Crippen LogP contribution in [0.3, 0.4) is 0 Å². The number of nitrogens with zero attached hydrogens (tertiary/aromatic N) is 1. The number of carbonyl (C=O) groups excluding carboxylic acids is 1.